The van der Waals surface area contributed by atoms with Gasteiger partial charge in [0.1, 0.15) is 5.51 Å². The van der Waals surface area contributed by atoms with Crippen LogP contribution in [-0.2, 0) is 13.6 Å². The molecule has 0 fully saturated rings. The highest BCUT2D eigenvalue weighted by Gasteiger charge is 2.05. The van der Waals surface area contributed by atoms with Gasteiger partial charge in [-0.1, -0.05) is 29.5 Å². The Morgan fingerprint density at radius 2 is 2.24 bits per heavy atom. The Kier molecular flexibility index (Phi) is 2.53. The van der Waals surface area contributed by atoms with Gasteiger partial charge in [-0.3, -0.25) is 0 Å². The molecule has 0 atom stereocenters. The minimum Gasteiger partial charge on any atom is -0.356 e. The van der Waals surface area contributed by atoms with E-state index in [1.54, 1.807) is 5.51 Å². The second kappa shape index (κ2) is 4.18. The summed E-state index contributed by atoms with van der Waals surface area (Å²) in [7, 11) is 2.07. The molecule has 0 saturated heterocycles. The molecule has 3 rings (SSSR count). The first-order valence-electron chi connectivity index (χ1n) is 5.37. The summed E-state index contributed by atoms with van der Waals surface area (Å²) in [5, 5.41) is 13.2. The van der Waals surface area contributed by atoms with Crippen LogP contribution in [0.2, 0.25) is 0 Å². The number of nitrogens with one attached hydrogen (secondary N) is 1. The molecule has 0 aliphatic carbocycles. The van der Waals surface area contributed by atoms with Crippen LogP contribution >= 0.6 is 11.3 Å². The number of hydrogen-bond acceptors (Lipinski definition) is 4. The van der Waals surface area contributed by atoms with Crippen LogP contribution in [0.4, 0.5) is 5.13 Å². The molecule has 2 heterocycles. The fourth-order valence-electron chi connectivity index (χ4n) is 1.99. The number of nitrogens with zero attached hydrogens (tertiary/aromatic N) is 3. The molecule has 1 aromatic carbocycles. The summed E-state index contributed by atoms with van der Waals surface area (Å²) < 4.78 is 2.15. The molecule has 86 valence electrons. The van der Waals surface area contributed by atoms with E-state index in [4.69, 9.17) is 0 Å². The highest BCUT2D eigenvalue weighted by molar-refractivity contribution is 7.13. The van der Waals surface area contributed by atoms with E-state index >= 15 is 0 Å². The predicted molar refractivity (Wildman–Crippen MR) is 70.2 cm³/mol. The molecule has 0 unspecified atom stereocenters. The van der Waals surface area contributed by atoms with E-state index in [-0.39, 0.29) is 0 Å². The van der Waals surface area contributed by atoms with Crippen molar-refractivity contribution in [1.82, 2.24) is 14.8 Å². The zero-order chi connectivity index (χ0) is 11.7. The van der Waals surface area contributed by atoms with Crippen molar-refractivity contribution in [1.29, 1.82) is 0 Å². The van der Waals surface area contributed by atoms with Crippen molar-refractivity contribution in [2.75, 3.05) is 5.32 Å². The molecule has 0 aliphatic heterocycles. The molecule has 1 N–H and O–H groups in total. The van der Waals surface area contributed by atoms with E-state index in [0.29, 0.717) is 0 Å². The fraction of sp³-hybridized carbons (Fsp3) is 0.167. The molecule has 5 heteroatoms. The maximum atomic E-state index is 3.97. The van der Waals surface area contributed by atoms with Crippen molar-refractivity contribution < 1.29 is 0 Å². The van der Waals surface area contributed by atoms with Crippen LogP contribution in [0.1, 0.15) is 5.56 Å². The monoisotopic (exact) mass is 244 g/mol. The van der Waals surface area contributed by atoms with Crippen LogP contribution in [0.3, 0.4) is 0 Å². The first kappa shape index (κ1) is 10.3. The van der Waals surface area contributed by atoms with Crippen molar-refractivity contribution in [3.63, 3.8) is 0 Å². The lowest BCUT2D eigenvalue weighted by Gasteiger charge is -1.99. The van der Waals surface area contributed by atoms with Gasteiger partial charge in [-0.05, 0) is 11.6 Å². The Bertz CT molecular complexity index is 627. The van der Waals surface area contributed by atoms with Gasteiger partial charge >= 0.3 is 0 Å². The van der Waals surface area contributed by atoms with Crippen LogP contribution in [0.25, 0.3) is 10.9 Å². The van der Waals surface area contributed by atoms with Gasteiger partial charge in [-0.25, -0.2) is 0 Å². The van der Waals surface area contributed by atoms with Gasteiger partial charge < -0.3 is 9.88 Å². The number of para-hydroxylation sites is 1. The summed E-state index contributed by atoms with van der Waals surface area (Å²) in [5.41, 5.74) is 4.26. The standard InChI is InChI=1S/C12H12N4S/c1-16-7-9(6-13-12-15-14-8-17-12)10-4-2-3-5-11(10)16/h2-5,7-8H,6H2,1H3,(H,13,15). The van der Waals surface area contributed by atoms with Gasteiger partial charge in [-0.2, -0.15) is 0 Å². The lowest BCUT2D eigenvalue weighted by atomic mass is 10.2. The van der Waals surface area contributed by atoms with E-state index in [1.165, 1.54) is 27.8 Å². The number of fused-ring (bicyclic) bond motifs is 1. The number of aryl methyl sites for hydroxylation is 1. The van der Waals surface area contributed by atoms with Crippen molar-refractivity contribution >= 4 is 27.4 Å². The molecule has 3 aromatic rings. The summed E-state index contributed by atoms with van der Waals surface area (Å²) in [4.78, 5) is 0. The van der Waals surface area contributed by atoms with Gasteiger partial charge in [0.2, 0.25) is 5.13 Å². The first-order chi connectivity index (χ1) is 8.34. The Hall–Kier alpha value is -1.88. The quantitative estimate of drug-likeness (QED) is 0.770. The van der Waals surface area contributed by atoms with Crippen LogP contribution in [0.5, 0.6) is 0 Å². The largest absolute Gasteiger partial charge is 0.356 e. The second-order valence-corrected chi connectivity index (χ2v) is 4.71. The van der Waals surface area contributed by atoms with Crippen molar-refractivity contribution in [3.8, 4) is 0 Å². The number of anilines is 1. The van der Waals surface area contributed by atoms with Crippen LogP contribution in [-0.4, -0.2) is 14.8 Å². The van der Waals surface area contributed by atoms with Crippen LogP contribution in [0.15, 0.2) is 36.0 Å². The molecule has 0 saturated carbocycles. The summed E-state index contributed by atoms with van der Waals surface area (Å²) in [6, 6.07) is 8.40. The highest BCUT2D eigenvalue weighted by atomic mass is 32.1. The maximum Gasteiger partial charge on any atom is 0.205 e. The van der Waals surface area contributed by atoms with E-state index in [0.717, 1.165) is 11.7 Å². The smallest absolute Gasteiger partial charge is 0.205 e. The average Bonchev–Trinajstić information content (AvgIpc) is 2.96. The molecule has 0 amide bonds. The van der Waals surface area contributed by atoms with Crippen LogP contribution < -0.4 is 5.32 Å². The Labute approximate surface area is 103 Å². The Morgan fingerprint density at radius 1 is 1.35 bits per heavy atom. The van der Waals surface area contributed by atoms with Gasteiger partial charge in [0.15, 0.2) is 0 Å². The maximum absolute atomic E-state index is 3.97. The van der Waals surface area contributed by atoms with E-state index in [9.17, 15) is 0 Å². The normalized spacial score (nSPS) is 10.9. The molecular formula is C12H12N4S. The predicted octanol–water partition coefficient (Wildman–Crippen LogP) is 2.64. The lowest BCUT2D eigenvalue weighted by molar-refractivity contribution is 0.954. The zero-order valence-electron chi connectivity index (χ0n) is 9.42. The van der Waals surface area contributed by atoms with Gasteiger partial charge in [-0.15, -0.1) is 10.2 Å². The average molecular weight is 244 g/mol. The number of benzene rings is 1. The second-order valence-electron chi connectivity index (χ2n) is 3.88. The van der Waals surface area contributed by atoms with Crippen molar-refractivity contribution in [2.45, 2.75) is 6.54 Å². The van der Waals surface area contributed by atoms with Crippen molar-refractivity contribution in [2.24, 2.45) is 7.05 Å². The number of aromatic nitrogens is 3. The number of rotatable bonds is 3. The van der Waals surface area contributed by atoms with E-state index < -0.39 is 0 Å². The van der Waals surface area contributed by atoms with Crippen LogP contribution in [0, 0.1) is 0 Å². The third-order valence-electron chi connectivity index (χ3n) is 2.77. The van der Waals surface area contributed by atoms with E-state index in [2.05, 4.69) is 57.6 Å². The highest BCUT2D eigenvalue weighted by Crippen LogP contribution is 2.21. The molecule has 4 nitrogen and oxygen atoms in total. The molecule has 0 radical (unpaired) electrons. The molecular weight excluding hydrogens is 232 g/mol. The molecule has 0 spiro atoms. The summed E-state index contributed by atoms with van der Waals surface area (Å²) >= 11 is 1.51. The minimum absolute atomic E-state index is 0.774. The lowest BCUT2D eigenvalue weighted by Crippen LogP contribution is -1.98. The summed E-state index contributed by atoms with van der Waals surface area (Å²) in [6.45, 7) is 0.774. The van der Waals surface area contributed by atoms with Gasteiger partial charge in [0, 0.05) is 30.7 Å². The first-order valence-corrected chi connectivity index (χ1v) is 6.25. The number of hydrogen-bond donors (Lipinski definition) is 1. The topological polar surface area (TPSA) is 42.7 Å². The minimum atomic E-state index is 0.774. The van der Waals surface area contributed by atoms with Gasteiger partial charge in [0.05, 0.1) is 0 Å². The third kappa shape index (κ3) is 1.89. The fourth-order valence-corrected chi connectivity index (χ4v) is 2.43. The molecule has 17 heavy (non-hydrogen) atoms. The summed E-state index contributed by atoms with van der Waals surface area (Å²) in [6.07, 6.45) is 2.15. The third-order valence-corrected chi connectivity index (χ3v) is 3.42. The van der Waals surface area contributed by atoms with Crippen molar-refractivity contribution in [3.05, 3.63) is 41.5 Å². The SMILES string of the molecule is Cn1cc(CNc2nncs2)c2ccccc21. The summed E-state index contributed by atoms with van der Waals surface area (Å²) in [5.74, 6) is 0. The zero-order valence-corrected chi connectivity index (χ0v) is 10.2. The Balaban J connectivity index is 1.90. The Morgan fingerprint density at radius 3 is 3.06 bits per heavy atom. The molecule has 0 aliphatic rings. The van der Waals surface area contributed by atoms with Gasteiger partial charge in [0.25, 0.3) is 0 Å². The molecule has 2 aromatic heterocycles. The van der Waals surface area contributed by atoms with E-state index in [1.807, 2.05) is 0 Å². The molecule has 0 bridgehead atoms.